The van der Waals surface area contributed by atoms with Crippen molar-refractivity contribution >= 4 is 5.97 Å². The van der Waals surface area contributed by atoms with Crippen molar-refractivity contribution in [2.24, 2.45) is 5.92 Å². The van der Waals surface area contributed by atoms with E-state index in [2.05, 4.69) is 19.1 Å². The van der Waals surface area contributed by atoms with Crippen molar-refractivity contribution < 1.29 is 14.3 Å². The third-order valence-corrected chi connectivity index (χ3v) is 5.67. The van der Waals surface area contributed by atoms with Gasteiger partial charge in [0.05, 0.1) is 19.1 Å². The van der Waals surface area contributed by atoms with Crippen LogP contribution in [0.15, 0.2) is 12.2 Å². The Labute approximate surface area is 168 Å². The molecule has 0 aliphatic carbocycles. The van der Waals surface area contributed by atoms with E-state index in [0.717, 1.165) is 38.7 Å². The van der Waals surface area contributed by atoms with Gasteiger partial charge in [-0.25, -0.2) is 0 Å². The van der Waals surface area contributed by atoms with E-state index < -0.39 is 0 Å². The van der Waals surface area contributed by atoms with Gasteiger partial charge in [0, 0.05) is 6.61 Å². The number of esters is 1. The number of carbonyl (C=O) groups excluding carboxylic acids is 1. The lowest BCUT2D eigenvalue weighted by molar-refractivity contribution is -0.147. The Hall–Kier alpha value is -0.830. The lowest BCUT2D eigenvalue weighted by Gasteiger charge is -2.18. The van der Waals surface area contributed by atoms with Crippen molar-refractivity contribution in [1.29, 1.82) is 0 Å². The molecule has 3 heteroatoms. The molecule has 0 radical (unpaired) electrons. The molecule has 2 atom stereocenters. The fraction of sp³-hybridized carbons (Fsp3) is 0.875. The third-order valence-electron chi connectivity index (χ3n) is 5.67. The second-order valence-corrected chi connectivity index (χ2v) is 8.11. The molecule has 1 saturated heterocycles. The number of carbonyl (C=O) groups is 1. The summed E-state index contributed by atoms with van der Waals surface area (Å²) in [5, 5.41) is 0. The van der Waals surface area contributed by atoms with Gasteiger partial charge in [0.15, 0.2) is 0 Å². The summed E-state index contributed by atoms with van der Waals surface area (Å²) in [5.41, 5.74) is 0. The summed E-state index contributed by atoms with van der Waals surface area (Å²) in [6.07, 6.45) is 24.6. The maximum Gasteiger partial charge on any atom is 0.308 e. The molecule has 0 aromatic carbocycles. The van der Waals surface area contributed by atoms with Gasteiger partial charge in [0.2, 0.25) is 0 Å². The maximum atomic E-state index is 12.0. The fourth-order valence-corrected chi connectivity index (χ4v) is 3.93. The first-order valence-corrected chi connectivity index (χ1v) is 11.6. The molecule has 1 rings (SSSR count). The number of rotatable bonds is 17. The molecule has 1 heterocycles. The second-order valence-electron chi connectivity index (χ2n) is 8.11. The Morgan fingerprint density at radius 3 is 2.22 bits per heavy atom. The molecule has 0 aromatic heterocycles. The molecule has 158 valence electrons. The van der Waals surface area contributed by atoms with E-state index >= 15 is 0 Å². The molecule has 0 amide bonds. The normalized spacial score (nSPS) is 18.2. The van der Waals surface area contributed by atoms with Gasteiger partial charge >= 0.3 is 5.97 Å². The lowest BCUT2D eigenvalue weighted by Crippen LogP contribution is -2.22. The Morgan fingerprint density at radius 2 is 1.63 bits per heavy atom. The Morgan fingerprint density at radius 1 is 1.00 bits per heavy atom. The third kappa shape index (κ3) is 13.1. The Balaban J connectivity index is 1.96. The SMILES string of the molecule is CCCCCCCC/C=C\CCCCCCC(CC1CCCO1)C(=O)OC. The van der Waals surface area contributed by atoms with Crippen LogP contribution in [-0.4, -0.2) is 25.8 Å². The average molecular weight is 381 g/mol. The van der Waals surface area contributed by atoms with Crippen molar-refractivity contribution in [3.8, 4) is 0 Å². The smallest absolute Gasteiger partial charge is 0.308 e. The minimum absolute atomic E-state index is 0.0234. The highest BCUT2D eigenvalue weighted by molar-refractivity contribution is 5.72. The summed E-state index contributed by atoms with van der Waals surface area (Å²) >= 11 is 0. The largest absolute Gasteiger partial charge is 0.469 e. The molecule has 0 N–H and O–H groups in total. The van der Waals surface area contributed by atoms with Crippen molar-refractivity contribution in [2.75, 3.05) is 13.7 Å². The Kier molecular flexibility index (Phi) is 15.5. The molecule has 1 aliphatic rings. The van der Waals surface area contributed by atoms with Gasteiger partial charge in [-0.1, -0.05) is 70.4 Å². The molecule has 3 nitrogen and oxygen atoms in total. The van der Waals surface area contributed by atoms with Gasteiger partial charge in [0.25, 0.3) is 0 Å². The molecule has 0 bridgehead atoms. The topological polar surface area (TPSA) is 35.5 Å². The summed E-state index contributed by atoms with van der Waals surface area (Å²) in [5.74, 6) is -0.0292. The van der Waals surface area contributed by atoms with Gasteiger partial charge in [-0.15, -0.1) is 0 Å². The summed E-state index contributed by atoms with van der Waals surface area (Å²) < 4.78 is 10.7. The van der Waals surface area contributed by atoms with Crippen LogP contribution in [-0.2, 0) is 14.3 Å². The molecule has 27 heavy (non-hydrogen) atoms. The van der Waals surface area contributed by atoms with E-state index in [0.29, 0.717) is 0 Å². The van der Waals surface area contributed by atoms with Crippen molar-refractivity contribution in [2.45, 2.75) is 116 Å². The van der Waals surface area contributed by atoms with Crippen LogP contribution in [0.4, 0.5) is 0 Å². The van der Waals surface area contributed by atoms with Crippen LogP contribution in [0, 0.1) is 5.92 Å². The van der Waals surface area contributed by atoms with Crippen molar-refractivity contribution in [3.63, 3.8) is 0 Å². The standard InChI is InChI=1S/C24H44O3/c1-3-4-5-6-7-8-9-10-11-12-13-14-15-16-18-22(24(25)26-2)21-23-19-17-20-27-23/h10-11,22-23H,3-9,12-21H2,1-2H3/b11-10-. The number of allylic oxidation sites excluding steroid dienone is 2. The number of unbranched alkanes of at least 4 members (excludes halogenated alkanes) is 10. The number of ether oxygens (including phenoxy) is 2. The summed E-state index contributed by atoms with van der Waals surface area (Å²) in [4.78, 5) is 12.0. The second kappa shape index (κ2) is 17.3. The van der Waals surface area contributed by atoms with Gasteiger partial charge in [-0.3, -0.25) is 4.79 Å². The first-order chi connectivity index (χ1) is 13.3. The van der Waals surface area contributed by atoms with Crippen molar-refractivity contribution in [3.05, 3.63) is 12.2 Å². The van der Waals surface area contributed by atoms with Crippen LogP contribution in [0.3, 0.4) is 0 Å². The minimum Gasteiger partial charge on any atom is -0.469 e. The van der Waals surface area contributed by atoms with E-state index in [9.17, 15) is 4.79 Å². The predicted octanol–water partition coefficient (Wildman–Crippen LogP) is 6.99. The maximum absolute atomic E-state index is 12.0. The van der Waals surface area contributed by atoms with Crippen LogP contribution in [0.5, 0.6) is 0 Å². The lowest BCUT2D eigenvalue weighted by atomic mass is 9.93. The molecule has 0 spiro atoms. The number of hydrogen-bond donors (Lipinski definition) is 0. The van der Waals surface area contributed by atoms with E-state index in [1.165, 1.54) is 77.7 Å². The highest BCUT2D eigenvalue weighted by Crippen LogP contribution is 2.24. The first kappa shape index (κ1) is 24.2. The molecule has 1 fully saturated rings. The summed E-state index contributed by atoms with van der Waals surface area (Å²) in [6.45, 7) is 3.12. The number of methoxy groups -OCH3 is 1. The van der Waals surface area contributed by atoms with Crippen LogP contribution >= 0.6 is 0 Å². The van der Waals surface area contributed by atoms with Gasteiger partial charge < -0.3 is 9.47 Å². The van der Waals surface area contributed by atoms with E-state index in [4.69, 9.17) is 9.47 Å². The average Bonchev–Trinajstić information content (AvgIpc) is 3.19. The quantitative estimate of drug-likeness (QED) is 0.155. The molecule has 1 aliphatic heterocycles. The molecule has 0 aromatic rings. The minimum atomic E-state index is -0.0527. The highest BCUT2D eigenvalue weighted by atomic mass is 16.5. The molecular weight excluding hydrogens is 336 g/mol. The van der Waals surface area contributed by atoms with Crippen LogP contribution < -0.4 is 0 Å². The van der Waals surface area contributed by atoms with Gasteiger partial charge in [-0.05, 0) is 51.4 Å². The van der Waals surface area contributed by atoms with E-state index in [1.807, 2.05) is 0 Å². The number of hydrogen-bond acceptors (Lipinski definition) is 3. The zero-order valence-electron chi connectivity index (χ0n) is 18.1. The molecule has 0 saturated carbocycles. The highest BCUT2D eigenvalue weighted by Gasteiger charge is 2.25. The zero-order valence-corrected chi connectivity index (χ0v) is 18.1. The summed E-state index contributed by atoms with van der Waals surface area (Å²) in [6, 6.07) is 0. The summed E-state index contributed by atoms with van der Waals surface area (Å²) in [7, 11) is 1.50. The van der Waals surface area contributed by atoms with Gasteiger partial charge in [0.1, 0.15) is 0 Å². The van der Waals surface area contributed by atoms with Crippen LogP contribution in [0.1, 0.15) is 110 Å². The van der Waals surface area contributed by atoms with Crippen LogP contribution in [0.2, 0.25) is 0 Å². The zero-order chi connectivity index (χ0) is 19.6. The monoisotopic (exact) mass is 380 g/mol. The fourth-order valence-electron chi connectivity index (χ4n) is 3.93. The van der Waals surface area contributed by atoms with E-state index in [-0.39, 0.29) is 18.0 Å². The van der Waals surface area contributed by atoms with Crippen molar-refractivity contribution in [1.82, 2.24) is 0 Å². The first-order valence-electron chi connectivity index (χ1n) is 11.6. The van der Waals surface area contributed by atoms with Gasteiger partial charge in [-0.2, -0.15) is 0 Å². The Bertz CT molecular complexity index is 372. The van der Waals surface area contributed by atoms with E-state index in [1.54, 1.807) is 0 Å². The molecular formula is C24H44O3. The van der Waals surface area contributed by atoms with Crippen LogP contribution in [0.25, 0.3) is 0 Å². The predicted molar refractivity (Wildman–Crippen MR) is 114 cm³/mol. The molecule has 2 unspecified atom stereocenters.